The Balaban J connectivity index is 1.66. The van der Waals surface area contributed by atoms with Crippen molar-refractivity contribution in [2.45, 2.75) is 98.6 Å². The van der Waals surface area contributed by atoms with Crippen LogP contribution < -0.4 is 5.32 Å². The molecular formula is C26H38N4OS. The zero-order valence-electron chi connectivity index (χ0n) is 20.3. The summed E-state index contributed by atoms with van der Waals surface area (Å²) in [6.45, 7) is 11.9. The zero-order valence-corrected chi connectivity index (χ0v) is 21.1. The molecule has 2 aromatic heterocycles. The molecule has 2 aromatic rings. The van der Waals surface area contributed by atoms with Gasteiger partial charge < -0.3 is 5.32 Å². The Morgan fingerprint density at radius 2 is 2.03 bits per heavy atom. The van der Waals surface area contributed by atoms with Crippen molar-refractivity contribution in [1.82, 2.24) is 15.1 Å². The fourth-order valence-electron chi connectivity index (χ4n) is 5.09. The molecule has 1 N–H and O–H groups in total. The number of nitrogens with zero attached hydrogens (tertiary/aromatic N) is 3. The van der Waals surface area contributed by atoms with Crippen LogP contribution in [0.25, 0.3) is 0 Å². The molecule has 0 unspecified atom stereocenters. The van der Waals surface area contributed by atoms with Gasteiger partial charge in [-0.15, -0.1) is 11.3 Å². The minimum absolute atomic E-state index is 0.0803. The molecule has 0 saturated heterocycles. The van der Waals surface area contributed by atoms with Gasteiger partial charge in [0.1, 0.15) is 5.00 Å². The summed E-state index contributed by atoms with van der Waals surface area (Å²) in [6, 6.07) is 0.305. The van der Waals surface area contributed by atoms with Crippen LogP contribution in [0.15, 0.2) is 11.2 Å². The highest BCUT2D eigenvalue weighted by atomic mass is 32.1. The first-order valence-electron chi connectivity index (χ1n) is 12.3. The molecular weight excluding hydrogens is 416 g/mol. The van der Waals surface area contributed by atoms with E-state index in [1.54, 1.807) is 11.3 Å². The quantitative estimate of drug-likeness (QED) is 0.544. The third-order valence-corrected chi connectivity index (χ3v) is 8.43. The van der Waals surface area contributed by atoms with Crippen LogP contribution in [0.2, 0.25) is 0 Å². The fraction of sp³-hybridized carbons (Fsp3) is 0.654. The first-order chi connectivity index (χ1) is 15.3. The Bertz CT molecular complexity index is 988. The summed E-state index contributed by atoms with van der Waals surface area (Å²) in [5.41, 5.74) is 4.35. The van der Waals surface area contributed by atoms with E-state index in [0.717, 1.165) is 60.5 Å². The number of rotatable bonds is 5. The summed E-state index contributed by atoms with van der Waals surface area (Å²) in [5.74, 6) is 0.724. The third kappa shape index (κ3) is 5.00. The van der Waals surface area contributed by atoms with Gasteiger partial charge in [0, 0.05) is 35.4 Å². The normalized spacial score (nSPS) is 20.0. The summed E-state index contributed by atoms with van der Waals surface area (Å²) in [4.78, 5) is 19.7. The lowest BCUT2D eigenvalue weighted by molar-refractivity contribution is 0.0927. The molecule has 2 aliphatic carbocycles. The molecule has 1 fully saturated rings. The van der Waals surface area contributed by atoms with Crippen LogP contribution in [0, 0.1) is 18.3 Å². The molecule has 6 heteroatoms. The minimum atomic E-state index is 0.0803. The van der Waals surface area contributed by atoms with Gasteiger partial charge >= 0.3 is 0 Å². The van der Waals surface area contributed by atoms with Crippen molar-refractivity contribution in [2.24, 2.45) is 16.3 Å². The van der Waals surface area contributed by atoms with E-state index in [9.17, 15) is 4.79 Å². The van der Waals surface area contributed by atoms with Gasteiger partial charge in [0.05, 0.1) is 11.3 Å². The largest absolute Gasteiger partial charge is 0.349 e. The van der Waals surface area contributed by atoms with Gasteiger partial charge in [-0.1, -0.05) is 40.0 Å². The smallest absolute Gasteiger partial charge is 0.254 e. The first-order valence-corrected chi connectivity index (χ1v) is 13.1. The summed E-state index contributed by atoms with van der Waals surface area (Å²) in [7, 11) is 0. The van der Waals surface area contributed by atoms with Crippen LogP contribution >= 0.6 is 11.3 Å². The zero-order chi connectivity index (χ0) is 22.9. The average molecular weight is 455 g/mol. The lowest BCUT2D eigenvalue weighted by Crippen LogP contribution is -2.36. The van der Waals surface area contributed by atoms with Gasteiger partial charge in [-0.2, -0.15) is 5.10 Å². The molecule has 32 heavy (non-hydrogen) atoms. The maximum Gasteiger partial charge on any atom is 0.254 e. The van der Waals surface area contributed by atoms with Crippen LogP contribution in [0.4, 0.5) is 5.00 Å². The molecule has 1 saturated carbocycles. The number of carbonyl (C=O) groups excluding carboxylic acids is 1. The van der Waals surface area contributed by atoms with E-state index in [1.165, 1.54) is 29.7 Å². The van der Waals surface area contributed by atoms with Gasteiger partial charge in [-0.3, -0.25) is 9.48 Å². The van der Waals surface area contributed by atoms with Crippen LogP contribution in [-0.2, 0) is 19.4 Å². The Morgan fingerprint density at radius 1 is 1.28 bits per heavy atom. The van der Waals surface area contributed by atoms with Gasteiger partial charge in [0.25, 0.3) is 5.91 Å². The molecule has 5 nitrogen and oxygen atoms in total. The van der Waals surface area contributed by atoms with Crippen molar-refractivity contribution < 1.29 is 4.79 Å². The predicted octanol–water partition coefficient (Wildman–Crippen LogP) is 6.24. The van der Waals surface area contributed by atoms with Crippen LogP contribution in [-0.4, -0.2) is 27.9 Å². The van der Waals surface area contributed by atoms with Crippen molar-refractivity contribution >= 4 is 28.5 Å². The number of carbonyl (C=O) groups is 1. The molecule has 1 atom stereocenters. The molecule has 0 spiro atoms. The highest BCUT2D eigenvalue weighted by molar-refractivity contribution is 7.16. The van der Waals surface area contributed by atoms with Crippen LogP contribution in [0.5, 0.6) is 0 Å². The second kappa shape index (κ2) is 9.50. The van der Waals surface area contributed by atoms with Gasteiger partial charge in [-0.05, 0) is 62.8 Å². The molecule has 0 bridgehead atoms. The Morgan fingerprint density at radius 3 is 2.69 bits per heavy atom. The molecule has 0 radical (unpaired) electrons. The molecule has 0 aromatic carbocycles. The topological polar surface area (TPSA) is 59.3 Å². The number of thiophene rings is 1. The van der Waals surface area contributed by atoms with E-state index < -0.39 is 0 Å². The Kier molecular flexibility index (Phi) is 6.89. The minimum Gasteiger partial charge on any atom is -0.349 e. The summed E-state index contributed by atoms with van der Waals surface area (Å²) in [6.07, 6.45) is 13.0. The maximum atomic E-state index is 13.5. The summed E-state index contributed by atoms with van der Waals surface area (Å²) >= 11 is 1.72. The Labute approximate surface area is 196 Å². The number of amides is 1. The highest BCUT2D eigenvalue weighted by Crippen LogP contribution is 2.45. The maximum absolute atomic E-state index is 13.5. The van der Waals surface area contributed by atoms with Gasteiger partial charge in [-0.25, -0.2) is 4.99 Å². The van der Waals surface area contributed by atoms with E-state index in [1.807, 2.05) is 24.0 Å². The number of hydrogen-bond acceptors (Lipinski definition) is 4. The van der Waals surface area contributed by atoms with Crippen molar-refractivity contribution in [3.63, 3.8) is 0 Å². The second-order valence-electron chi connectivity index (χ2n) is 10.6. The monoisotopic (exact) mass is 454 g/mol. The number of aryl methyl sites for hydroxylation is 2. The molecule has 174 valence electrons. The first kappa shape index (κ1) is 23.2. The van der Waals surface area contributed by atoms with Crippen LogP contribution in [0.1, 0.15) is 98.3 Å². The van der Waals surface area contributed by atoms with Gasteiger partial charge in [0.2, 0.25) is 0 Å². The van der Waals surface area contributed by atoms with Crippen molar-refractivity contribution in [1.29, 1.82) is 0 Å². The van der Waals surface area contributed by atoms with Gasteiger partial charge in [0.15, 0.2) is 0 Å². The van der Waals surface area contributed by atoms with Crippen molar-refractivity contribution in [3.8, 4) is 0 Å². The van der Waals surface area contributed by atoms with E-state index in [0.29, 0.717) is 12.0 Å². The highest BCUT2D eigenvalue weighted by Gasteiger charge is 2.34. The van der Waals surface area contributed by atoms with E-state index in [-0.39, 0.29) is 11.3 Å². The number of fused-ring (bicyclic) bond motifs is 1. The third-order valence-electron chi connectivity index (χ3n) is 7.27. The number of aromatic nitrogens is 2. The van der Waals surface area contributed by atoms with Crippen LogP contribution in [0.3, 0.4) is 0 Å². The summed E-state index contributed by atoms with van der Waals surface area (Å²) in [5, 5.41) is 8.74. The number of nitrogens with one attached hydrogen (secondary N) is 1. The van der Waals surface area contributed by atoms with Crippen molar-refractivity contribution in [2.75, 3.05) is 0 Å². The Hall–Kier alpha value is -1.95. The van der Waals surface area contributed by atoms with E-state index in [2.05, 4.69) is 38.1 Å². The fourth-order valence-corrected chi connectivity index (χ4v) is 6.36. The molecule has 2 heterocycles. The summed E-state index contributed by atoms with van der Waals surface area (Å²) < 4.78 is 1.93. The standard InChI is InChI=1S/C26H38N4OS/c1-6-30-16-18(17(2)29-30)15-27-25-23(24(31)28-20-10-8-7-9-11-20)21-13-12-19(26(3,4)5)14-22(21)32-25/h15-16,19-20H,6-14H2,1-5H3,(H,28,31)/t19-/m0/s1. The molecule has 2 aliphatic rings. The van der Waals surface area contributed by atoms with Crippen molar-refractivity contribution in [3.05, 3.63) is 33.5 Å². The molecule has 4 rings (SSSR count). The second-order valence-corrected chi connectivity index (χ2v) is 11.7. The van der Waals surface area contributed by atoms with E-state index in [4.69, 9.17) is 4.99 Å². The molecule has 1 amide bonds. The molecule has 0 aliphatic heterocycles. The number of hydrogen-bond donors (Lipinski definition) is 1. The lowest BCUT2D eigenvalue weighted by Gasteiger charge is -2.34. The lowest BCUT2D eigenvalue weighted by atomic mass is 9.72. The van der Waals surface area contributed by atoms with E-state index >= 15 is 0 Å². The SMILES string of the molecule is CCn1cc(C=Nc2sc3c(c2C(=O)NC2CCCCC2)CC[C@H](C(C)(C)C)C3)c(C)n1. The predicted molar refractivity (Wildman–Crippen MR) is 134 cm³/mol. The number of aliphatic imine (C=N–C) groups is 1. The average Bonchev–Trinajstić information content (AvgIpc) is 3.31.